The molecule has 1 atom stereocenters. The van der Waals surface area contributed by atoms with E-state index in [9.17, 15) is 0 Å². The largest absolute Gasteiger partial charge is 0.494 e. The van der Waals surface area contributed by atoms with Gasteiger partial charge in [-0.3, -0.25) is 0 Å². The summed E-state index contributed by atoms with van der Waals surface area (Å²) in [6, 6.07) is 17.0. The lowest BCUT2D eigenvalue weighted by atomic mass is 9.90. The normalized spacial score (nSPS) is 12.5. The maximum atomic E-state index is 6.16. The van der Waals surface area contributed by atoms with Crippen molar-refractivity contribution in [2.24, 2.45) is 12.8 Å². The number of nitrogens with two attached hydrogens (primary N) is 1. The molecule has 132 valence electrons. The lowest BCUT2D eigenvalue weighted by molar-refractivity contribution is 0.317. The molecule has 3 heteroatoms. The van der Waals surface area contributed by atoms with Crippen molar-refractivity contribution >= 4 is 10.9 Å². The van der Waals surface area contributed by atoms with Gasteiger partial charge in [0.1, 0.15) is 5.75 Å². The molecule has 3 nitrogen and oxygen atoms in total. The van der Waals surface area contributed by atoms with Crippen LogP contribution in [-0.2, 0) is 13.5 Å². The minimum Gasteiger partial charge on any atom is -0.494 e. The zero-order chi connectivity index (χ0) is 17.8. The van der Waals surface area contributed by atoms with Crippen LogP contribution >= 0.6 is 0 Å². The van der Waals surface area contributed by atoms with E-state index in [-0.39, 0.29) is 5.92 Å². The van der Waals surface area contributed by atoms with E-state index in [2.05, 4.69) is 67.9 Å². The summed E-state index contributed by atoms with van der Waals surface area (Å²) in [5, 5.41) is 1.33. The maximum absolute atomic E-state index is 6.16. The van der Waals surface area contributed by atoms with Crippen molar-refractivity contribution in [1.29, 1.82) is 0 Å². The third kappa shape index (κ3) is 3.57. The van der Waals surface area contributed by atoms with Crippen molar-refractivity contribution < 1.29 is 4.74 Å². The lowest BCUT2D eigenvalue weighted by Gasteiger charge is -2.17. The fourth-order valence-corrected chi connectivity index (χ4v) is 3.52. The second-order valence-electron chi connectivity index (χ2n) is 6.70. The van der Waals surface area contributed by atoms with Gasteiger partial charge in [0.25, 0.3) is 0 Å². The van der Waals surface area contributed by atoms with Crippen molar-refractivity contribution in [3.63, 3.8) is 0 Å². The summed E-state index contributed by atoms with van der Waals surface area (Å²) in [6.45, 7) is 5.69. The number of ether oxygens (including phenoxy) is 1. The van der Waals surface area contributed by atoms with Crippen molar-refractivity contribution in [3.8, 4) is 5.75 Å². The highest BCUT2D eigenvalue weighted by molar-refractivity contribution is 5.85. The van der Waals surface area contributed by atoms with E-state index in [0.717, 1.165) is 25.2 Å². The number of para-hydroxylation sites is 1. The predicted molar refractivity (Wildman–Crippen MR) is 105 cm³/mol. The Morgan fingerprint density at radius 3 is 2.68 bits per heavy atom. The molecule has 3 aromatic rings. The molecule has 0 bridgehead atoms. The van der Waals surface area contributed by atoms with Gasteiger partial charge in [-0.2, -0.15) is 0 Å². The van der Waals surface area contributed by atoms with Crippen LogP contribution in [0, 0.1) is 6.92 Å². The van der Waals surface area contributed by atoms with Crippen LogP contribution in [0.25, 0.3) is 10.9 Å². The fourth-order valence-electron chi connectivity index (χ4n) is 3.52. The molecule has 0 aliphatic heterocycles. The second kappa shape index (κ2) is 7.75. The van der Waals surface area contributed by atoms with Crippen molar-refractivity contribution in [2.45, 2.75) is 32.6 Å². The maximum Gasteiger partial charge on any atom is 0.119 e. The lowest BCUT2D eigenvalue weighted by Crippen LogP contribution is -2.15. The Kier molecular flexibility index (Phi) is 5.44. The van der Waals surface area contributed by atoms with Crippen molar-refractivity contribution in [2.75, 3.05) is 13.2 Å². The summed E-state index contributed by atoms with van der Waals surface area (Å²) in [4.78, 5) is 0. The first kappa shape index (κ1) is 17.6. The van der Waals surface area contributed by atoms with Gasteiger partial charge in [0.05, 0.1) is 6.61 Å². The zero-order valence-electron chi connectivity index (χ0n) is 15.5. The molecule has 1 heterocycles. The summed E-state index contributed by atoms with van der Waals surface area (Å²) >= 11 is 0. The quantitative estimate of drug-likeness (QED) is 0.687. The van der Waals surface area contributed by atoms with E-state index < -0.39 is 0 Å². The summed E-state index contributed by atoms with van der Waals surface area (Å²) < 4.78 is 8.07. The molecular weight excluding hydrogens is 308 g/mol. The topological polar surface area (TPSA) is 40.2 Å². The smallest absolute Gasteiger partial charge is 0.119 e. The Morgan fingerprint density at radius 2 is 1.92 bits per heavy atom. The number of rotatable bonds is 7. The molecule has 0 saturated carbocycles. The minimum atomic E-state index is 0.287. The van der Waals surface area contributed by atoms with Gasteiger partial charge in [0, 0.05) is 29.6 Å². The Morgan fingerprint density at radius 1 is 1.12 bits per heavy atom. The van der Waals surface area contributed by atoms with Crippen LogP contribution in [0.15, 0.2) is 48.5 Å². The number of aromatic nitrogens is 1. The molecule has 25 heavy (non-hydrogen) atoms. The average Bonchev–Trinajstić information content (AvgIpc) is 2.89. The molecule has 0 aliphatic carbocycles. The van der Waals surface area contributed by atoms with Gasteiger partial charge >= 0.3 is 0 Å². The molecule has 3 rings (SSSR count). The first-order valence-electron chi connectivity index (χ1n) is 9.11. The summed E-state index contributed by atoms with van der Waals surface area (Å²) in [5.74, 6) is 1.22. The van der Waals surface area contributed by atoms with Gasteiger partial charge in [0.15, 0.2) is 0 Å². The van der Waals surface area contributed by atoms with Crippen molar-refractivity contribution in [3.05, 3.63) is 65.4 Å². The van der Waals surface area contributed by atoms with Gasteiger partial charge in [-0.1, -0.05) is 37.3 Å². The molecule has 0 amide bonds. The number of hydrogen-bond donors (Lipinski definition) is 1. The van der Waals surface area contributed by atoms with E-state index >= 15 is 0 Å². The number of fused-ring (bicyclic) bond motifs is 1. The van der Waals surface area contributed by atoms with Crippen LogP contribution in [0.2, 0.25) is 0 Å². The zero-order valence-corrected chi connectivity index (χ0v) is 15.5. The molecule has 0 saturated heterocycles. The van der Waals surface area contributed by atoms with Crippen LogP contribution < -0.4 is 10.5 Å². The molecule has 1 aromatic heterocycles. The second-order valence-corrected chi connectivity index (χ2v) is 6.70. The highest BCUT2D eigenvalue weighted by Crippen LogP contribution is 2.31. The average molecular weight is 336 g/mol. The fraction of sp³-hybridized carbons (Fsp3) is 0.364. The first-order valence-corrected chi connectivity index (χ1v) is 9.11. The van der Waals surface area contributed by atoms with Crippen LogP contribution in [0.5, 0.6) is 5.75 Å². The van der Waals surface area contributed by atoms with Crippen LogP contribution in [0.1, 0.15) is 36.1 Å². The molecule has 2 aromatic carbocycles. The standard InChI is InChI=1S/C22H28N2O/c1-4-12-25-19-9-7-8-17(13-19)18(15-23)14-21-16(2)24(3)22-11-6-5-10-20(21)22/h5-11,13,18H,4,12,14-15,23H2,1-3H3. The number of hydrogen-bond acceptors (Lipinski definition) is 2. The van der Waals surface area contributed by atoms with Gasteiger partial charge in [0.2, 0.25) is 0 Å². The first-order chi connectivity index (χ1) is 12.2. The van der Waals surface area contributed by atoms with Crippen molar-refractivity contribution in [1.82, 2.24) is 4.57 Å². The van der Waals surface area contributed by atoms with Gasteiger partial charge < -0.3 is 15.0 Å². The molecule has 0 radical (unpaired) electrons. The Bertz CT molecular complexity index is 850. The van der Waals surface area contributed by atoms with Gasteiger partial charge in [-0.25, -0.2) is 0 Å². The monoisotopic (exact) mass is 336 g/mol. The number of nitrogens with zero attached hydrogens (tertiary/aromatic N) is 1. The third-order valence-electron chi connectivity index (χ3n) is 5.07. The van der Waals surface area contributed by atoms with Crippen LogP contribution in [0.3, 0.4) is 0 Å². The molecule has 2 N–H and O–H groups in total. The van der Waals surface area contributed by atoms with Gasteiger partial charge in [-0.05, 0) is 55.6 Å². The predicted octanol–water partition coefficient (Wildman–Crippen LogP) is 4.56. The highest BCUT2D eigenvalue weighted by atomic mass is 16.5. The van der Waals surface area contributed by atoms with E-state index in [0.29, 0.717) is 6.54 Å². The molecule has 0 aliphatic rings. The van der Waals surface area contributed by atoms with Crippen LogP contribution in [-0.4, -0.2) is 17.7 Å². The highest BCUT2D eigenvalue weighted by Gasteiger charge is 2.18. The van der Waals surface area contributed by atoms with E-state index in [4.69, 9.17) is 10.5 Å². The molecule has 0 fully saturated rings. The van der Waals surface area contributed by atoms with Crippen LogP contribution in [0.4, 0.5) is 0 Å². The number of benzene rings is 2. The molecule has 0 spiro atoms. The summed E-state index contributed by atoms with van der Waals surface area (Å²) in [5.41, 5.74) is 11.4. The summed E-state index contributed by atoms with van der Waals surface area (Å²) in [6.07, 6.45) is 1.96. The van der Waals surface area contributed by atoms with E-state index in [1.165, 1.54) is 27.7 Å². The molecular formula is C22H28N2O. The summed E-state index contributed by atoms with van der Waals surface area (Å²) in [7, 11) is 2.14. The number of aryl methyl sites for hydroxylation is 1. The Labute approximate surface area is 150 Å². The van der Waals surface area contributed by atoms with Gasteiger partial charge in [-0.15, -0.1) is 0 Å². The molecule has 1 unspecified atom stereocenters. The minimum absolute atomic E-state index is 0.287. The Balaban J connectivity index is 1.92. The van der Waals surface area contributed by atoms with E-state index in [1.807, 2.05) is 6.07 Å². The van der Waals surface area contributed by atoms with E-state index in [1.54, 1.807) is 0 Å². The Hall–Kier alpha value is -2.26. The third-order valence-corrected chi connectivity index (χ3v) is 5.07. The SMILES string of the molecule is CCCOc1cccc(C(CN)Cc2c(C)n(C)c3ccccc23)c1.